The van der Waals surface area contributed by atoms with E-state index in [1.165, 1.54) is 23.5 Å². The maximum absolute atomic E-state index is 12.6. The van der Waals surface area contributed by atoms with Crippen LogP contribution < -0.4 is 4.90 Å². The first-order valence-electron chi connectivity index (χ1n) is 6.53. The normalized spacial score (nSPS) is 10.4. The number of nitrogens with zero attached hydrogens (tertiary/aromatic N) is 2. The van der Waals surface area contributed by atoms with E-state index in [2.05, 4.69) is 4.98 Å². The van der Waals surface area contributed by atoms with Gasteiger partial charge in [-0.3, -0.25) is 4.79 Å². The minimum atomic E-state index is -1.01. The zero-order valence-electron chi connectivity index (χ0n) is 12.1. The van der Waals surface area contributed by atoms with Crippen LogP contribution in [0.3, 0.4) is 0 Å². The molecule has 1 heterocycles. The maximum atomic E-state index is 12.6. The average molecular weight is 304 g/mol. The topological polar surface area (TPSA) is 70.5 Å². The third-order valence-corrected chi connectivity index (χ3v) is 4.12. The minimum absolute atomic E-state index is 0.150. The molecule has 0 saturated carbocycles. The minimum Gasteiger partial charge on any atom is -0.478 e. The number of hydrogen-bond donors (Lipinski definition) is 1. The molecule has 6 heteroatoms. The van der Waals surface area contributed by atoms with Crippen LogP contribution in [0.2, 0.25) is 0 Å². The van der Waals surface area contributed by atoms with Crippen LogP contribution in [-0.4, -0.2) is 28.5 Å². The van der Waals surface area contributed by atoms with Gasteiger partial charge >= 0.3 is 5.97 Å². The maximum Gasteiger partial charge on any atom is 0.335 e. The van der Waals surface area contributed by atoms with Crippen LogP contribution in [0.25, 0.3) is 0 Å². The van der Waals surface area contributed by atoms with Gasteiger partial charge in [0.15, 0.2) is 0 Å². The van der Waals surface area contributed by atoms with Crippen molar-refractivity contribution in [3.8, 4) is 0 Å². The Kier molecular flexibility index (Phi) is 4.37. The molecule has 0 unspecified atom stereocenters. The molecule has 0 aliphatic carbocycles. The quantitative estimate of drug-likeness (QED) is 0.942. The standard InChI is InChI=1S/C15H16N2O3S/c1-4-17(12-7-5-6-11(8-12)15(19)20)14(18)13-9(2)16-10(3)21-13/h5-8H,4H2,1-3H3,(H,19,20). The highest BCUT2D eigenvalue weighted by molar-refractivity contribution is 7.13. The third-order valence-electron chi connectivity index (χ3n) is 3.06. The van der Waals surface area contributed by atoms with Gasteiger partial charge in [-0.1, -0.05) is 6.07 Å². The van der Waals surface area contributed by atoms with Crippen LogP contribution in [0.1, 0.15) is 37.7 Å². The van der Waals surface area contributed by atoms with Crippen molar-refractivity contribution < 1.29 is 14.7 Å². The Morgan fingerprint density at radius 3 is 2.57 bits per heavy atom. The predicted molar refractivity (Wildman–Crippen MR) is 82.3 cm³/mol. The van der Waals surface area contributed by atoms with E-state index in [0.717, 1.165) is 5.01 Å². The molecule has 1 N–H and O–H groups in total. The van der Waals surface area contributed by atoms with E-state index in [0.29, 0.717) is 22.8 Å². The van der Waals surface area contributed by atoms with Crippen molar-refractivity contribution in [2.45, 2.75) is 20.8 Å². The number of rotatable bonds is 4. The van der Waals surface area contributed by atoms with Gasteiger partial charge in [0.25, 0.3) is 5.91 Å². The summed E-state index contributed by atoms with van der Waals surface area (Å²) in [7, 11) is 0. The lowest BCUT2D eigenvalue weighted by atomic mass is 10.2. The Hall–Kier alpha value is -2.21. The molecule has 0 radical (unpaired) electrons. The number of aryl methyl sites for hydroxylation is 2. The molecule has 0 bridgehead atoms. The molecule has 2 aromatic rings. The molecule has 0 aliphatic rings. The Labute approximate surface area is 126 Å². The monoisotopic (exact) mass is 304 g/mol. The molecule has 0 spiro atoms. The van der Waals surface area contributed by atoms with Gasteiger partial charge in [0.2, 0.25) is 0 Å². The van der Waals surface area contributed by atoms with Gasteiger partial charge in [-0.25, -0.2) is 9.78 Å². The van der Waals surface area contributed by atoms with Crippen molar-refractivity contribution in [2.24, 2.45) is 0 Å². The van der Waals surface area contributed by atoms with Gasteiger partial charge in [-0.2, -0.15) is 0 Å². The van der Waals surface area contributed by atoms with Gasteiger partial charge in [0.05, 0.1) is 16.3 Å². The molecule has 1 aromatic heterocycles. The lowest BCUT2D eigenvalue weighted by Crippen LogP contribution is -2.30. The van der Waals surface area contributed by atoms with E-state index >= 15 is 0 Å². The van der Waals surface area contributed by atoms with Crippen LogP contribution in [0.5, 0.6) is 0 Å². The van der Waals surface area contributed by atoms with Gasteiger partial charge in [-0.15, -0.1) is 11.3 Å². The third kappa shape index (κ3) is 3.11. The van der Waals surface area contributed by atoms with Crippen molar-refractivity contribution in [3.63, 3.8) is 0 Å². The first kappa shape index (κ1) is 15.2. The molecule has 0 fully saturated rings. The number of carbonyl (C=O) groups excluding carboxylic acids is 1. The lowest BCUT2D eigenvalue weighted by Gasteiger charge is -2.20. The summed E-state index contributed by atoms with van der Waals surface area (Å²) in [5.41, 5.74) is 1.44. The van der Waals surface area contributed by atoms with Gasteiger partial charge in [-0.05, 0) is 39.0 Å². The summed E-state index contributed by atoms with van der Waals surface area (Å²) in [6, 6.07) is 6.38. The van der Waals surface area contributed by atoms with Gasteiger partial charge in [0.1, 0.15) is 4.88 Å². The average Bonchev–Trinajstić information content (AvgIpc) is 2.78. The fraction of sp³-hybridized carbons (Fsp3) is 0.267. The number of aromatic nitrogens is 1. The van der Waals surface area contributed by atoms with Gasteiger partial charge in [0, 0.05) is 12.2 Å². The number of carbonyl (C=O) groups is 2. The Morgan fingerprint density at radius 2 is 2.05 bits per heavy atom. The smallest absolute Gasteiger partial charge is 0.335 e. The number of benzene rings is 1. The summed E-state index contributed by atoms with van der Waals surface area (Å²) in [6.45, 7) is 5.97. The summed E-state index contributed by atoms with van der Waals surface area (Å²) in [5, 5.41) is 9.89. The number of aromatic carboxylic acids is 1. The van der Waals surface area contributed by atoms with E-state index in [1.807, 2.05) is 13.8 Å². The summed E-state index contributed by atoms with van der Waals surface area (Å²) in [5.74, 6) is -1.16. The summed E-state index contributed by atoms with van der Waals surface area (Å²) in [4.78, 5) is 30.1. The van der Waals surface area contributed by atoms with Crippen LogP contribution in [0, 0.1) is 13.8 Å². The SMILES string of the molecule is CCN(C(=O)c1sc(C)nc1C)c1cccc(C(=O)O)c1. The Morgan fingerprint density at radius 1 is 1.33 bits per heavy atom. The van der Waals surface area contributed by atoms with E-state index in [-0.39, 0.29) is 11.5 Å². The number of carboxylic acid groups (broad SMARTS) is 1. The summed E-state index contributed by atoms with van der Waals surface area (Å²) >= 11 is 1.35. The first-order valence-corrected chi connectivity index (χ1v) is 7.35. The Balaban J connectivity index is 2.39. The van der Waals surface area contributed by atoms with Crippen LogP contribution in [0.15, 0.2) is 24.3 Å². The zero-order valence-corrected chi connectivity index (χ0v) is 12.9. The van der Waals surface area contributed by atoms with E-state index in [1.54, 1.807) is 24.0 Å². The Bertz CT molecular complexity index is 694. The lowest BCUT2D eigenvalue weighted by molar-refractivity contribution is 0.0696. The van der Waals surface area contributed by atoms with Crippen molar-refractivity contribution in [1.29, 1.82) is 0 Å². The highest BCUT2D eigenvalue weighted by atomic mass is 32.1. The molecular formula is C15H16N2O3S. The largest absolute Gasteiger partial charge is 0.478 e. The molecule has 110 valence electrons. The molecule has 5 nitrogen and oxygen atoms in total. The number of anilines is 1. The molecule has 1 aromatic carbocycles. The zero-order chi connectivity index (χ0) is 15.6. The fourth-order valence-corrected chi connectivity index (χ4v) is 2.97. The predicted octanol–water partition coefficient (Wildman–Crippen LogP) is 3.12. The van der Waals surface area contributed by atoms with Crippen molar-refractivity contribution in [3.05, 3.63) is 45.4 Å². The number of hydrogen-bond acceptors (Lipinski definition) is 4. The highest BCUT2D eigenvalue weighted by Crippen LogP contribution is 2.23. The summed E-state index contributed by atoms with van der Waals surface area (Å²) < 4.78 is 0. The fourth-order valence-electron chi connectivity index (χ4n) is 2.10. The first-order chi connectivity index (χ1) is 9.93. The number of thiazole rings is 1. The van der Waals surface area contributed by atoms with Crippen LogP contribution in [-0.2, 0) is 0 Å². The van der Waals surface area contributed by atoms with Crippen LogP contribution in [0.4, 0.5) is 5.69 Å². The highest BCUT2D eigenvalue weighted by Gasteiger charge is 2.21. The van der Waals surface area contributed by atoms with Gasteiger partial charge < -0.3 is 10.0 Å². The van der Waals surface area contributed by atoms with Crippen molar-refractivity contribution >= 4 is 28.9 Å². The molecule has 1 amide bonds. The van der Waals surface area contributed by atoms with E-state index < -0.39 is 5.97 Å². The van der Waals surface area contributed by atoms with Crippen molar-refractivity contribution in [2.75, 3.05) is 11.4 Å². The second-order valence-electron chi connectivity index (χ2n) is 4.55. The summed E-state index contributed by atoms with van der Waals surface area (Å²) in [6.07, 6.45) is 0. The van der Waals surface area contributed by atoms with E-state index in [4.69, 9.17) is 5.11 Å². The molecule has 0 atom stereocenters. The molecule has 2 rings (SSSR count). The molecule has 0 aliphatic heterocycles. The van der Waals surface area contributed by atoms with E-state index in [9.17, 15) is 9.59 Å². The number of carboxylic acids is 1. The van der Waals surface area contributed by atoms with Crippen LogP contribution >= 0.6 is 11.3 Å². The second-order valence-corrected chi connectivity index (χ2v) is 5.76. The molecule has 0 saturated heterocycles. The number of amides is 1. The molecular weight excluding hydrogens is 288 g/mol. The second kappa shape index (κ2) is 6.05. The van der Waals surface area contributed by atoms with Crippen molar-refractivity contribution in [1.82, 2.24) is 4.98 Å². The molecule has 21 heavy (non-hydrogen) atoms.